The maximum atomic E-state index is 5.58. The standard InChI is InChI=1S/C20H25N5O3/c1-26-12-16-11-18(25-20(23-16)21-13-22-25)24-19(15-7-9-28-10-8-15)14-3-5-17(27-2)6-4-14/h3-6,11,13,15,19,24H,7-10,12H2,1-2H3/t19-/m1/s1. The summed E-state index contributed by atoms with van der Waals surface area (Å²) in [5, 5.41) is 8.03. The van der Waals surface area contributed by atoms with Crippen LogP contribution in [0.3, 0.4) is 0 Å². The quantitative estimate of drug-likeness (QED) is 0.672. The number of nitrogens with one attached hydrogen (secondary N) is 1. The summed E-state index contributed by atoms with van der Waals surface area (Å²) < 4.78 is 17.9. The first kappa shape index (κ1) is 18.6. The highest BCUT2D eigenvalue weighted by Gasteiger charge is 2.26. The Morgan fingerprint density at radius 1 is 1.21 bits per heavy atom. The van der Waals surface area contributed by atoms with Crippen LogP contribution < -0.4 is 10.1 Å². The third kappa shape index (κ3) is 3.93. The summed E-state index contributed by atoms with van der Waals surface area (Å²) in [6.07, 6.45) is 3.52. The molecule has 1 aliphatic heterocycles. The third-order valence-electron chi connectivity index (χ3n) is 5.11. The van der Waals surface area contributed by atoms with Crippen LogP contribution in [-0.2, 0) is 16.1 Å². The Bertz CT molecular complexity index is 906. The van der Waals surface area contributed by atoms with Crippen LogP contribution in [0, 0.1) is 5.92 Å². The lowest BCUT2D eigenvalue weighted by Gasteiger charge is -2.32. The number of hydrogen-bond donors (Lipinski definition) is 1. The Hall–Kier alpha value is -2.71. The van der Waals surface area contributed by atoms with Crippen LogP contribution in [0.25, 0.3) is 5.78 Å². The molecule has 1 fully saturated rings. The largest absolute Gasteiger partial charge is 0.497 e. The zero-order valence-corrected chi connectivity index (χ0v) is 16.2. The van der Waals surface area contributed by atoms with Gasteiger partial charge in [-0.3, -0.25) is 0 Å². The van der Waals surface area contributed by atoms with E-state index in [1.807, 2.05) is 18.2 Å². The summed E-state index contributed by atoms with van der Waals surface area (Å²) in [6, 6.07) is 10.3. The molecule has 0 amide bonds. The van der Waals surface area contributed by atoms with Crippen molar-refractivity contribution in [2.75, 3.05) is 32.8 Å². The minimum absolute atomic E-state index is 0.111. The highest BCUT2D eigenvalue weighted by atomic mass is 16.5. The van der Waals surface area contributed by atoms with Crippen LogP contribution in [0.2, 0.25) is 0 Å². The summed E-state index contributed by atoms with van der Waals surface area (Å²) in [5.74, 6) is 2.69. The topological polar surface area (TPSA) is 82.8 Å². The van der Waals surface area contributed by atoms with Gasteiger partial charge in [-0.2, -0.15) is 14.6 Å². The molecule has 28 heavy (non-hydrogen) atoms. The van der Waals surface area contributed by atoms with E-state index in [2.05, 4.69) is 32.5 Å². The Balaban J connectivity index is 1.70. The van der Waals surface area contributed by atoms with Gasteiger partial charge in [-0.25, -0.2) is 4.98 Å². The van der Waals surface area contributed by atoms with Gasteiger partial charge in [0.1, 0.15) is 17.9 Å². The Morgan fingerprint density at radius 3 is 2.71 bits per heavy atom. The van der Waals surface area contributed by atoms with E-state index >= 15 is 0 Å². The first-order chi connectivity index (χ1) is 13.8. The number of benzene rings is 1. The van der Waals surface area contributed by atoms with Gasteiger partial charge in [0.2, 0.25) is 0 Å². The van der Waals surface area contributed by atoms with Crippen molar-refractivity contribution in [2.45, 2.75) is 25.5 Å². The Kier molecular flexibility index (Phi) is 5.68. The first-order valence-corrected chi connectivity index (χ1v) is 9.45. The SMILES string of the molecule is COCc1cc(N[C@H](c2ccc(OC)cc2)C2CCOCC2)n2ncnc2n1. The number of rotatable bonds is 7. The molecular formula is C20H25N5O3. The van der Waals surface area contributed by atoms with E-state index in [1.54, 1.807) is 18.7 Å². The summed E-state index contributed by atoms with van der Waals surface area (Å²) in [7, 11) is 3.34. The average molecular weight is 383 g/mol. The molecule has 0 saturated carbocycles. The molecule has 3 heterocycles. The smallest absolute Gasteiger partial charge is 0.254 e. The van der Waals surface area contributed by atoms with Crippen molar-refractivity contribution >= 4 is 11.6 Å². The molecule has 0 spiro atoms. The third-order valence-corrected chi connectivity index (χ3v) is 5.11. The van der Waals surface area contributed by atoms with Crippen molar-refractivity contribution in [1.82, 2.24) is 19.6 Å². The number of ether oxygens (including phenoxy) is 3. The van der Waals surface area contributed by atoms with E-state index in [0.717, 1.165) is 43.3 Å². The molecule has 2 aromatic heterocycles. The second-order valence-corrected chi connectivity index (χ2v) is 6.88. The van der Waals surface area contributed by atoms with Crippen LogP contribution in [0.4, 0.5) is 5.82 Å². The molecule has 1 N–H and O–H groups in total. The van der Waals surface area contributed by atoms with Gasteiger partial charge in [0.05, 0.1) is 25.5 Å². The predicted molar refractivity (Wildman–Crippen MR) is 104 cm³/mol. The maximum absolute atomic E-state index is 5.58. The highest BCUT2D eigenvalue weighted by Crippen LogP contribution is 2.34. The minimum atomic E-state index is 0.111. The van der Waals surface area contributed by atoms with Gasteiger partial charge in [-0.05, 0) is 36.5 Å². The fraction of sp³-hybridized carbons (Fsp3) is 0.450. The number of hydrogen-bond acceptors (Lipinski definition) is 7. The molecule has 1 aromatic carbocycles. The lowest BCUT2D eigenvalue weighted by atomic mass is 9.87. The van der Waals surface area contributed by atoms with Crippen molar-refractivity contribution in [2.24, 2.45) is 5.92 Å². The van der Waals surface area contributed by atoms with Crippen molar-refractivity contribution in [3.05, 3.63) is 47.9 Å². The lowest BCUT2D eigenvalue weighted by molar-refractivity contribution is 0.0604. The van der Waals surface area contributed by atoms with Crippen molar-refractivity contribution < 1.29 is 14.2 Å². The van der Waals surface area contributed by atoms with Crippen molar-refractivity contribution in [3.8, 4) is 5.75 Å². The van der Waals surface area contributed by atoms with Crippen LogP contribution >= 0.6 is 0 Å². The van der Waals surface area contributed by atoms with E-state index in [0.29, 0.717) is 18.3 Å². The Labute approximate surface area is 163 Å². The minimum Gasteiger partial charge on any atom is -0.497 e. The predicted octanol–water partition coefficient (Wildman–Crippen LogP) is 2.86. The van der Waals surface area contributed by atoms with E-state index in [4.69, 9.17) is 14.2 Å². The average Bonchev–Trinajstić information content (AvgIpc) is 3.22. The van der Waals surface area contributed by atoms with Crippen LogP contribution in [0.1, 0.15) is 30.1 Å². The zero-order chi connectivity index (χ0) is 19.3. The van der Waals surface area contributed by atoms with E-state index in [9.17, 15) is 0 Å². The second-order valence-electron chi connectivity index (χ2n) is 6.88. The highest BCUT2D eigenvalue weighted by molar-refractivity contribution is 5.47. The molecule has 0 radical (unpaired) electrons. The lowest BCUT2D eigenvalue weighted by Crippen LogP contribution is -2.28. The van der Waals surface area contributed by atoms with Gasteiger partial charge in [0, 0.05) is 26.4 Å². The Morgan fingerprint density at radius 2 is 2.00 bits per heavy atom. The van der Waals surface area contributed by atoms with Crippen molar-refractivity contribution in [1.29, 1.82) is 0 Å². The van der Waals surface area contributed by atoms with Crippen molar-refractivity contribution in [3.63, 3.8) is 0 Å². The molecule has 1 atom stereocenters. The molecule has 0 unspecified atom stereocenters. The van der Waals surface area contributed by atoms with Gasteiger partial charge in [0.15, 0.2) is 0 Å². The molecular weight excluding hydrogens is 358 g/mol. The number of fused-ring (bicyclic) bond motifs is 1. The monoisotopic (exact) mass is 383 g/mol. The summed E-state index contributed by atoms with van der Waals surface area (Å²) in [4.78, 5) is 8.73. The summed E-state index contributed by atoms with van der Waals surface area (Å²) in [5.41, 5.74) is 2.01. The molecule has 4 rings (SSSR count). The van der Waals surface area contributed by atoms with Gasteiger partial charge in [-0.1, -0.05) is 12.1 Å². The fourth-order valence-electron chi connectivity index (χ4n) is 3.68. The van der Waals surface area contributed by atoms with Gasteiger partial charge in [-0.15, -0.1) is 0 Å². The number of methoxy groups -OCH3 is 2. The number of nitrogens with zero attached hydrogens (tertiary/aromatic N) is 4. The fourth-order valence-corrected chi connectivity index (χ4v) is 3.68. The molecule has 3 aromatic rings. The number of anilines is 1. The normalized spacial score (nSPS) is 16.2. The zero-order valence-electron chi connectivity index (χ0n) is 16.2. The molecule has 8 nitrogen and oxygen atoms in total. The van der Waals surface area contributed by atoms with Crippen LogP contribution in [0.15, 0.2) is 36.7 Å². The van der Waals surface area contributed by atoms with Crippen LogP contribution in [-0.4, -0.2) is 47.0 Å². The van der Waals surface area contributed by atoms with E-state index in [1.165, 1.54) is 11.9 Å². The number of aromatic nitrogens is 4. The maximum Gasteiger partial charge on any atom is 0.254 e. The van der Waals surface area contributed by atoms with Gasteiger partial charge in [0.25, 0.3) is 5.78 Å². The molecule has 1 aliphatic rings. The summed E-state index contributed by atoms with van der Waals surface area (Å²) >= 11 is 0. The second kappa shape index (κ2) is 8.53. The summed E-state index contributed by atoms with van der Waals surface area (Å²) in [6.45, 7) is 1.98. The van der Waals surface area contributed by atoms with E-state index in [-0.39, 0.29) is 6.04 Å². The van der Waals surface area contributed by atoms with E-state index < -0.39 is 0 Å². The van der Waals surface area contributed by atoms with Gasteiger partial charge >= 0.3 is 0 Å². The molecule has 1 saturated heterocycles. The first-order valence-electron chi connectivity index (χ1n) is 9.45. The van der Waals surface area contributed by atoms with Crippen LogP contribution in [0.5, 0.6) is 5.75 Å². The molecule has 0 aliphatic carbocycles. The molecule has 0 bridgehead atoms. The van der Waals surface area contributed by atoms with Gasteiger partial charge < -0.3 is 19.5 Å². The molecule has 148 valence electrons. The molecule has 8 heteroatoms.